The fourth-order valence-corrected chi connectivity index (χ4v) is 2.15. The van der Waals surface area contributed by atoms with E-state index >= 15 is 0 Å². The Morgan fingerprint density at radius 3 is 2.58 bits per heavy atom. The lowest BCUT2D eigenvalue weighted by atomic mass is 9.93. The number of aromatic nitrogens is 2. The maximum atomic E-state index is 4.05. The first-order chi connectivity index (χ1) is 9.08. The lowest BCUT2D eigenvalue weighted by molar-refractivity contribution is 0.393. The molecular weight excluding hydrogens is 234 g/mol. The van der Waals surface area contributed by atoms with Gasteiger partial charge in [0, 0.05) is 24.5 Å². The highest BCUT2D eigenvalue weighted by molar-refractivity contribution is 5.26. The molecule has 1 aromatic heterocycles. The molecule has 0 atom stereocenters. The van der Waals surface area contributed by atoms with Crippen molar-refractivity contribution in [2.24, 2.45) is 0 Å². The topological polar surface area (TPSA) is 29.9 Å². The molecule has 0 bridgehead atoms. The van der Waals surface area contributed by atoms with Crippen LogP contribution in [-0.4, -0.2) is 16.1 Å². The van der Waals surface area contributed by atoms with Crippen LogP contribution < -0.4 is 5.32 Å². The van der Waals surface area contributed by atoms with Crippen LogP contribution in [0.15, 0.2) is 43.0 Å². The minimum atomic E-state index is 0.0165. The SMILES string of the molecule is Cc1ccc(C(C)(C)NCCCn2ccnc2)cc1. The van der Waals surface area contributed by atoms with Crippen LogP contribution in [-0.2, 0) is 12.1 Å². The van der Waals surface area contributed by atoms with E-state index in [4.69, 9.17) is 0 Å². The molecule has 0 saturated carbocycles. The van der Waals surface area contributed by atoms with Gasteiger partial charge in [-0.15, -0.1) is 0 Å². The summed E-state index contributed by atoms with van der Waals surface area (Å²) in [5.74, 6) is 0. The Balaban J connectivity index is 1.82. The third-order valence-electron chi connectivity index (χ3n) is 3.49. The van der Waals surface area contributed by atoms with Gasteiger partial charge >= 0.3 is 0 Å². The molecule has 0 spiro atoms. The summed E-state index contributed by atoms with van der Waals surface area (Å²) in [6, 6.07) is 8.75. The number of benzene rings is 1. The van der Waals surface area contributed by atoms with Crippen LogP contribution in [0.3, 0.4) is 0 Å². The normalized spacial score (nSPS) is 11.7. The molecule has 0 fully saturated rings. The van der Waals surface area contributed by atoms with Crippen LogP contribution in [0.25, 0.3) is 0 Å². The number of aryl methyl sites for hydroxylation is 2. The van der Waals surface area contributed by atoms with Gasteiger partial charge in [0.2, 0.25) is 0 Å². The van der Waals surface area contributed by atoms with Crippen LogP contribution in [0, 0.1) is 6.92 Å². The van der Waals surface area contributed by atoms with Gasteiger partial charge in [-0.05, 0) is 39.3 Å². The van der Waals surface area contributed by atoms with Gasteiger partial charge in [-0.3, -0.25) is 0 Å². The average molecular weight is 257 g/mol. The summed E-state index contributed by atoms with van der Waals surface area (Å²) in [6.45, 7) is 8.59. The average Bonchev–Trinajstić information content (AvgIpc) is 2.88. The molecule has 0 unspecified atom stereocenters. The molecule has 0 saturated heterocycles. The van der Waals surface area contributed by atoms with Crippen LogP contribution in [0.4, 0.5) is 0 Å². The molecule has 0 aliphatic carbocycles. The molecule has 1 N–H and O–H groups in total. The van der Waals surface area contributed by atoms with Gasteiger partial charge < -0.3 is 9.88 Å². The van der Waals surface area contributed by atoms with Crippen LogP contribution in [0.2, 0.25) is 0 Å². The fourth-order valence-electron chi connectivity index (χ4n) is 2.15. The van der Waals surface area contributed by atoms with Gasteiger partial charge in [0.05, 0.1) is 6.33 Å². The van der Waals surface area contributed by atoms with Gasteiger partial charge in [-0.1, -0.05) is 29.8 Å². The van der Waals surface area contributed by atoms with Gasteiger partial charge in [0.15, 0.2) is 0 Å². The van der Waals surface area contributed by atoms with Crippen LogP contribution in [0.5, 0.6) is 0 Å². The zero-order valence-corrected chi connectivity index (χ0v) is 12.1. The summed E-state index contributed by atoms with van der Waals surface area (Å²) < 4.78 is 2.11. The minimum absolute atomic E-state index is 0.0165. The minimum Gasteiger partial charge on any atom is -0.337 e. The molecule has 102 valence electrons. The van der Waals surface area contributed by atoms with Gasteiger partial charge in [-0.25, -0.2) is 4.98 Å². The quantitative estimate of drug-likeness (QED) is 0.806. The Kier molecular flexibility index (Phi) is 4.38. The fraction of sp³-hybridized carbons (Fsp3) is 0.438. The lowest BCUT2D eigenvalue weighted by Gasteiger charge is -2.27. The van der Waals surface area contributed by atoms with Crippen LogP contribution >= 0.6 is 0 Å². The Morgan fingerprint density at radius 1 is 1.21 bits per heavy atom. The van der Waals surface area contributed by atoms with Crippen molar-refractivity contribution in [2.75, 3.05) is 6.54 Å². The molecule has 2 aromatic rings. The predicted octanol–water partition coefficient (Wildman–Crippen LogP) is 3.11. The molecular formula is C16H23N3. The number of rotatable bonds is 6. The molecule has 0 amide bonds. The van der Waals surface area contributed by atoms with E-state index in [0.717, 1.165) is 19.5 Å². The first-order valence-electron chi connectivity index (χ1n) is 6.86. The van der Waals surface area contributed by atoms with E-state index in [1.165, 1.54) is 11.1 Å². The Bertz CT molecular complexity index is 483. The number of hydrogen-bond acceptors (Lipinski definition) is 2. The van der Waals surface area contributed by atoms with Crippen molar-refractivity contribution in [3.63, 3.8) is 0 Å². The third kappa shape index (κ3) is 3.93. The highest BCUT2D eigenvalue weighted by Crippen LogP contribution is 2.20. The molecule has 1 heterocycles. The van der Waals surface area contributed by atoms with E-state index in [1.54, 1.807) is 0 Å². The Hall–Kier alpha value is -1.61. The largest absolute Gasteiger partial charge is 0.337 e. The van der Waals surface area contributed by atoms with Crippen molar-refractivity contribution < 1.29 is 0 Å². The summed E-state index contributed by atoms with van der Waals surface area (Å²) >= 11 is 0. The smallest absolute Gasteiger partial charge is 0.0945 e. The van der Waals surface area contributed by atoms with Crippen molar-refractivity contribution in [3.05, 3.63) is 54.1 Å². The van der Waals surface area contributed by atoms with Gasteiger partial charge in [-0.2, -0.15) is 0 Å². The van der Waals surface area contributed by atoms with Crippen LogP contribution in [0.1, 0.15) is 31.4 Å². The molecule has 0 aliphatic heterocycles. The van der Waals surface area contributed by atoms with Crippen molar-refractivity contribution >= 4 is 0 Å². The zero-order valence-electron chi connectivity index (χ0n) is 12.1. The first kappa shape index (κ1) is 13.8. The number of hydrogen-bond donors (Lipinski definition) is 1. The highest BCUT2D eigenvalue weighted by atomic mass is 15.0. The van der Waals surface area contributed by atoms with E-state index < -0.39 is 0 Å². The maximum Gasteiger partial charge on any atom is 0.0945 e. The number of nitrogens with zero attached hydrogens (tertiary/aromatic N) is 2. The second kappa shape index (κ2) is 6.02. The first-order valence-corrected chi connectivity index (χ1v) is 6.86. The predicted molar refractivity (Wildman–Crippen MR) is 79.1 cm³/mol. The molecule has 3 nitrogen and oxygen atoms in total. The van der Waals surface area contributed by atoms with Gasteiger partial charge in [0.1, 0.15) is 0 Å². The lowest BCUT2D eigenvalue weighted by Crippen LogP contribution is -2.37. The monoisotopic (exact) mass is 257 g/mol. The van der Waals surface area contributed by atoms with E-state index in [1.807, 2.05) is 18.7 Å². The zero-order chi connectivity index (χ0) is 13.7. The summed E-state index contributed by atoms with van der Waals surface area (Å²) in [5.41, 5.74) is 2.66. The maximum absolute atomic E-state index is 4.05. The molecule has 2 rings (SSSR count). The van der Waals surface area contributed by atoms with Crippen molar-refractivity contribution in [3.8, 4) is 0 Å². The molecule has 1 aromatic carbocycles. The summed E-state index contributed by atoms with van der Waals surface area (Å²) in [6.07, 6.45) is 6.80. The molecule has 3 heteroatoms. The standard InChI is InChI=1S/C16H23N3/c1-14-5-7-15(8-6-14)16(2,3)18-9-4-11-19-12-10-17-13-19/h5-8,10,12-13,18H,4,9,11H2,1-3H3. The van der Waals surface area contributed by atoms with Crippen molar-refractivity contribution in [2.45, 2.75) is 39.3 Å². The molecule has 19 heavy (non-hydrogen) atoms. The second-order valence-corrected chi connectivity index (χ2v) is 5.57. The number of nitrogens with one attached hydrogen (secondary N) is 1. The highest BCUT2D eigenvalue weighted by Gasteiger charge is 2.18. The van der Waals surface area contributed by atoms with E-state index in [0.29, 0.717) is 0 Å². The Labute approximate surface area is 115 Å². The molecule has 0 radical (unpaired) electrons. The summed E-state index contributed by atoms with van der Waals surface area (Å²) in [4.78, 5) is 4.05. The Morgan fingerprint density at radius 2 is 1.95 bits per heavy atom. The van der Waals surface area contributed by atoms with Gasteiger partial charge in [0.25, 0.3) is 0 Å². The van der Waals surface area contributed by atoms with E-state index in [9.17, 15) is 0 Å². The van der Waals surface area contributed by atoms with E-state index in [2.05, 4.69) is 59.9 Å². The second-order valence-electron chi connectivity index (χ2n) is 5.57. The summed E-state index contributed by atoms with van der Waals surface area (Å²) in [7, 11) is 0. The third-order valence-corrected chi connectivity index (χ3v) is 3.49. The van der Waals surface area contributed by atoms with Crippen molar-refractivity contribution in [1.82, 2.24) is 14.9 Å². The number of imidazole rings is 1. The summed E-state index contributed by atoms with van der Waals surface area (Å²) in [5, 5.41) is 3.62. The molecule has 0 aliphatic rings. The van der Waals surface area contributed by atoms with Crippen molar-refractivity contribution in [1.29, 1.82) is 0 Å². The van der Waals surface area contributed by atoms with E-state index in [-0.39, 0.29) is 5.54 Å².